The molecule has 31 heavy (non-hydrogen) atoms. The van der Waals surface area contributed by atoms with Crippen molar-refractivity contribution in [3.8, 4) is 34.7 Å². The number of nitrogens with two attached hydrogens (primary N) is 1. The topological polar surface area (TPSA) is 126 Å². The molecule has 0 radical (unpaired) electrons. The highest BCUT2D eigenvalue weighted by molar-refractivity contribution is 5.93. The van der Waals surface area contributed by atoms with Gasteiger partial charge in [-0.3, -0.25) is 4.79 Å². The highest BCUT2D eigenvalue weighted by Gasteiger charge is 2.34. The third kappa shape index (κ3) is 2.43. The lowest BCUT2D eigenvalue weighted by Gasteiger charge is -2.21. The van der Waals surface area contributed by atoms with Crippen LogP contribution < -0.4 is 20.8 Å². The molecule has 6 rings (SSSR count). The summed E-state index contributed by atoms with van der Waals surface area (Å²) in [6, 6.07) is 5.25. The fourth-order valence-electron chi connectivity index (χ4n) is 4.30. The van der Waals surface area contributed by atoms with Crippen LogP contribution in [0.4, 0.5) is 0 Å². The maximum atomic E-state index is 13.1. The van der Waals surface area contributed by atoms with E-state index in [-0.39, 0.29) is 43.2 Å². The molecule has 0 saturated heterocycles. The zero-order valence-electron chi connectivity index (χ0n) is 16.1. The molecule has 1 unspecified atom stereocenters. The summed E-state index contributed by atoms with van der Waals surface area (Å²) in [4.78, 5) is 29.7. The van der Waals surface area contributed by atoms with Gasteiger partial charge in [-0.25, -0.2) is 9.78 Å². The van der Waals surface area contributed by atoms with Crippen LogP contribution >= 0.6 is 0 Å². The number of cyclic esters (lactones) is 1. The van der Waals surface area contributed by atoms with Crippen LogP contribution in [0.5, 0.6) is 11.5 Å². The van der Waals surface area contributed by atoms with Crippen LogP contribution in [0.2, 0.25) is 0 Å². The lowest BCUT2D eigenvalue weighted by atomic mass is 9.98. The zero-order chi connectivity index (χ0) is 21.3. The quantitative estimate of drug-likeness (QED) is 0.314. The minimum Gasteiger partial charge on any atom is -0.458 e. The molecule has 9 heteroatoms. The smallest absolute Gasteiger partial charge is 0.340 e. The Morgan fingerprint density at radius 1 is 1.16 bits per heavy atom. The molecule has 0 fully saturated rings. The summed E-state index contributed by atoms with van der Waals surface area (Å²) < 4.78 is 17.5. The fraction of sp³-hybridized carbons (Fsp3) is 0.227. The minimum absolute atomic E-state index is 0.132. The lowest BCUT2D eigenvalue weighted by molar-refractivity contribution is -0.157. The van der Waals surface area contributed by atoms with Crippen molar-refractivity contribution in [2.45, 2.75) is 19.3 Å². The fourth-order valence-corrected chi connectivity index (χ4v) is 4.30. The van der Waals surface area contributed by atoms with Gasteiger partial charge < -0.3 is 29.6 Å². The Kier molecular flexibility index (Phi) is 3.65. The molecule has 9 nitrogen and oxygen atoms in total. The van der Waals surface area contributed by atoms with Crippen LogP contribution in [0.15, 0.2) is 23.0 Å². The number of hydrogen-bond donors (Lipinski definition) is 2. The molecule has 2 aromatic heterocycles. The van der Waals surface area contributed by atoms with E-state index in [9.17, 15) is 14.7 Å². The van der Waals surface area contributed by atoms with Crippen LogP contribution in [0.3, 0.4) is 0 Å². The van der Waals surface area contributed by atoms with E-state index >= 15 is 0 Å². The molecule has 0 spiro atoms. The van der Waals surface area contributed by atoms with E-state index in [4.69, 9.17) is 24.9 Å². The van der Waals surface area contributed by atoms with Gasteiger partial charge in [0, 0.05) is 28.1 Å². The number of fused-ring (bicyclic) bond motifs is 6. The first kappa shape index (κ1) is 17.9. The summed E-state index contributed by atoms with van der Waals surface area (Å²) in [5.74, 6) is 6.42. The van der Waals surface area contributed by atoms with E-state index in [0.717, 1.165) is 10.9 Å². The van der Waals surface area contributed by atoms with Crippen molar-refractivity contribution in [1.82, 2.24) is 9.55 Å². The van der Waals surface area contributed by atoms with Gasteiger partial charge in [0.05, 0.1) is 35.6 Å². The van der Waals surface area contributed by atoms with E-state index in [2.05, 4.69) is 11.8 Å². The third-order valence-corrected chi connectivity index (χ3v) is 5.77. The summed E-state index contributed by atoms with van der Waals surface area (Å²) in [5.41, 5.74) is 9.00. The zero-order valence-corrected chi connectivity index (χ0v) is 16.1. The van der Waals surface area contributed by atoms with Crippen molar-refractivity contribution in [2.24, 2.45) is 5.73 Å². The minimum atomic E-state index is -1.50. The molecule has 0 aliphatic carbocycles. The van der Waals surface area contributed by atoms with Crippen LogP contribution in [0, 0.1) is 11.8 Å². The van der Waals surface area contributed by atoms with Gasteiger partial charge in [0.25, 0.3) is 5.56 Å². The van der Waals surface area contributed by atoms with E-state index < -0.39 is 12.1 Å². The molecule has 3 aliphatic rings. The van der Waals surface area contributed by atoms with Gasteiger partial charge in [0.15, 0.2) is 17.6 Å². The Morgan fingerprint density at radius 2 is 1.97 bits per heavy atom. The number of hydrogen-bond acceptors (Lipinski definition) is 8. The number of rotatable bonds is 0. The van der Waals surface area contributed by atoms with Gasteiger partial charge in [-0.15, -0.1) is 0 Å². The Bertz CT molecular complexity index is 1450. The Labute approximate surface area is 175 Å². The van der Waals surface area contributed by atoms with E-state index in [1.807, 2.05) is 6.07 Å². The van der Waals surface area contributed by atoms with Crippen molar-refractivity contribution in [3.63, 3.8) is 0 Å². The predicted octanol–water partition coefficient (Wildman–Crippen LogP) is 0.554. The lowest BCUT2D eigenvalue weighted by Crippen LogP contribution is -2.32. The molecule has 0 saturated carbocycles. The first-order chi connectivity index (χ1) is 15.1. The van der Waals surface area contributed by atoms with E-state index in [0.29, 0.717) is 34.0 Å². The third-order valence-electron chi connectivity index (χ3n) is 5.77. The molecule has 1 aromatic carbocycles. The van der Waals surface area contributed by atoms with Gasteiger partial charge in [-0.2, -0.15) is 0 Å². The van der Waals surface area contributed by atoms with Crippen molar-refractivity contribution in [3.05, 3.63) is 50.8 Å². The molecule has 3 N–H and O–H groups in total. The number of esters is 1. The molecule has 0 amide bonds. The Morgan fingerprint density at radius 3 is 2.77 bits per heavy atom. The number of pyridine rings is 2. The highest BCUT2D eigenvalue weighted by Crippen LogP contribution is 2.41. The van der Waals surface area contributed by atoms with Crippen LogP contribution in [0.1, 0.15) is 28.4 Å². The molecule has 3 aromatic rings. The summed E-state index contributed by atoms with van der Waals surface area (Å²) in [6.07, 6.45) is -1.50. The van der Waals surface area contributed by atoms with Crippen molar-refractivity contribution < 1.29 is 24.1 Å². The standard InChI is InChI=1S/C22H15N3O6/c23-3-1-2-10-11-5-17-18(31-9-30-17)6-15(11)24-19-13(10)7-25-16(19)4-12-14(21(25)27)8-29-22(28)20(12)26/h4-6,20,26H,3,7-9,23H2. The number of aliphatic hydroxyl groups is 1. The second-order valence-corrected chi connectivity index (χ2v) is 7.41. The second kappa shape index (κ2) is 6.31. The summed E-state index contributed by atoms with van der Waals surface area (Å²) in [6.45, 7) is 0.396. The maximum absolute atomic E-state index is 13.1. The highest BCUT2D eigenvalue weighted by atomic mass is 16.7. The molecule has 0 bridgehead atoms. The monoisotopic (exact) mass is 417 g/mol. The number of carbonyl (C=O) groups excluding carboxylic acids is 1. The van der Waals surface area contributed by atoms with Gasteiger partial charge in [0.1, 0.15) is 6.61 Å². The normalized spacial score (nSPS) is 17.5. The Balaban J connectivity index is 1.66. The largest absolute Gasteiger partial charge is 0.458 e. The van der Waals surface area contributed by atoms with Crippen molar-refractivity contribution in [1.29, 1.82) is 0 Å². The van der Waals surface area contributed by atoms with Gasteiger partial charge in [-0.1, -0.05) is 11.8 Å². The van der Waals surface area contributed by atoms with Crippen LogP contribution in [-0.4, -0.2) is 34.0 Å². The number of benzene rings is 1. The predicted molar refractivity (Wildman–Crippen MR) is 107 cm³/mol. The summed E-state index contributed by atoms with van der Waals surface area (Å²) >= 11 is 0. The molecule has 154 valence electrons. The van der Waals surface area contributed by atoms with E-state index in [1.165, 1.54) is 0 Å². The number of aliphatic hydroxyl groups excluding tert-OH is 1. The summed E-state index contributed by atoms with van der Waals surface area (Å²) in [7, 11) is 0. The molecule has 3 aliphatic heterocycles. The van der Waals surface area contributed by atoms with Gasteiger partial charge in [-0.05, 0) is 12.1 Å². The maximum Gasteiger partial charge on any atom is 0.340 e. The number of nitrogens with zero attached hydrogens (tertiary/aromatic N) is 2. The van der Waals surface area contributed by atoms with Crippen LogP contribution in [-0.2, 0) is 22.7 Å². The number of ether oxygens (including phenoxy) is 3. The SMILES string of the molecule is NCC#Cc1c2c(nc3cc4c(cc13)OCO4)-c1cc3c(c(=O)n1C2)COC(=O)C3O. The molecule has 5 heterocycles. The first-order valence-electron chi connectivity index (χ1n) is 9.63. The van der Waals surface area contributed by atoms with E-state index in [1.54, 1.807) is 16.7 Å². The molecular weight excluding hydrogens is 402 g/mol. The molecular formula is C22H15N3O6. The van der Waals surface area contributed by atoms with Gasteiger partial charge in [0.2, 0.25) is 6.79 Å². The average Bonchev–Trinajstić information content (AvgIpc) is 3.37. The van der Waals surface area contributed by atoms with Crippen LogP contribution in [0.25, 0.3) is 22.3 Å². The van der Waals surface area contributed by atoms with Crippen molar-refractivity contribution >= 4 is 16.9 Å². The average molecular weight is 417 g/mol. The number of aromatic nitrogens is 2. The Hall–Kier alpha value is -3.87. The number of carbonyl (C=O) groups is 1. The van der Waals surface area contributed by atoms with Gasteiger partial charge >= 0.3 is 5.97 Å². The molecule has 1 atom stereocenters. The van der Waals surface area contributed by atoms with Crippen molar-refractivity contribution in [2.75, 3.05) is 13.3 Å². The second-order valence-electron chi connectivity index (χ2n) is 7.41. The summed E-state index contributed by atoms with van der Waals surface area (Å²) in [5, 5.41) is 11.0. The first-order valence-corrected chi connectivity index (χ1v) is 9.63.